The van der Waals surface area contributed by atoms with Gasteiger partial charge in [-0.05, 0) is 35.1 Å². The van der Waals surface area contributed by atoms with Crippen LogP contribution < -0.4 is 10.4 Å². The molecule has 0 saturated carbocycles. The van der Waals surface area contributed by atoms with Crippen molar-refractivity contribution in [2.75, 3.05) is 19.0 Å². The van der Waals surface area contributed by atoms with Crippen molar-refractivity contribution in [3.8, 4) is 11.8 Å². The average Bonchev–Trinajstić information content (AvgIpc) is 2.74. The Bertz CT molecular complexity index is 923. The molecule has 0 atom stereocenters. The summed E-state index contributed by atoms with van der Waals surface area (Å²) in [5, 5.41) is 20.6. The Labute approximate surface area is 169 Å². The Hall–Kier alpha value is -2.74. The molecule has 28 heavy (non-hydrogen) atoms. The molecule has 3 aromatic carbocycles. The maximum atomic E-state index is 9.13. The van der Waals surface area contributed by atoms with E-state index in [1.54, 1.807) is 24.3 Å². The first-order valence-corrected chi connectivity index (χ1v) is 9.73. The third kappa shape index (κ3) is 5.89. The van der Waals surface area contributed by atoms with Crippen LogP contribution in [0, 0.1) is 11.8 Å². The predicted molar refractivity (Wildman–Crippen MR) is 123 cm³/mol. The minimum atomic E-state index is -1.45. The van der Waals surface area contributed by atoms with Crippen LogP contribution in [0.2, 0.25) is 0 Å². The van der Waals surface area contributed by atoms with E-state index in [2.05, 4.69) is 34.9 Å². The molecule has 0 unspecified atom stereocenters. The van der Waals surface area contributed by atoms with Crippen molar-refractivity contribution in [3.63, 3.8) is 0 Å². The van der Waals surface area contributed by atoms with Crippen LogP contribution in [0.5, 0.6) is 0 Å². The molecular weight excluding hydrogens is 345 g/mol. The second-order valence-corrected chi connectivity index (χ2v) is 5.82. The summed E-state index contributed by atoms with van der Waals surface area (Å²) in [7, 11) is 2.61. The molecule has 0 aliphatic carbocycles. The van der Waals surface area contributed by atoms with E-state index in [9.17, 15) is 0 Å². The van der Waals surface area contributed by atoms with Gasteiger partial charge in [-0.3, -0.25) is 0 Å². The van der Waals surface area contributed by atoms with Crippen molar-refractivity contribution < 1.29 is 10.0 Å². The Balaban J connectivity index is 0.000000921. The zero-order valence-corrected chi connectivity index (χ0v) is 17.7. The molecule has 0 aromatic heterocycles. The zero-order valence-electron chi connectivity index (χ0n) is 17.7. The summed E-state index contributed by atoms with van der Waals surface area (Å²) in [5.41, 5.74) is 3.43. The van der Waals surface area contributed by atoms with E-state index in [0.29, 0.717) is 5.46 Å². The van der Waals surface area contributed by atoms with Crippen LogP contribution >= 0.6 is 0 Å². The molecule has 0 fully saturated rings. The number of anilines is 1. The molecule has 3 aromatic rings. The standard InChI is InChI=1S/C20H18BNO2.2C2H6/c1-22(2)20-8-4-6-18-16(5-3-7-19(18)20)12-9-15-10-13-17(14-11-15)21(23)24;2*1-2/h3-8,10-11,13-14,23-24H,1-2H3;2*1-2H3. The molecule has 0 aliphatic heterocycles. The Morgan fingerprint density at radius 2 is 1.29 bits per heavy atom. The molecule has 0 aliphatic rings. The molecule has 0 heterocycles. The molecule has 0 spiro atoms. The molecule has 4 heteroatoms. The van der Waals surface area contributed by atoms with E-state index in [1.165, 1.54) is 5.39 Å². The lowest BCUT2D eigenvalue weighted by Gasteiger charge is -2.15. The van der Waals surface area contributed by atoms with Gasteiger partial charge in [0.25, 0.3) is 0 Å². The summed E-state index contributed by atoms with van der Waals surface area (Å²) < 4.78 is 0. The zero-order chi connectivity index (χ0) is 21.1. The highest BCUT2D eigenvalue weighted by atomic mass is 16.4. The molecular formula is C24H30BNO2. The van der Waals surface area contributed by atoms with Gasteiger partial charge < -0.3 is 14.9 Å². The monoisotopic (exact) mass is 375 g/mol. The third-order valence-corrected chi connectivity index (χ3v) is 3.93. The van der Waals surface area contributed by atoms with Gasteiger partial charge in [-0.2, -0.15) is 0 Å². The van der Waals surface area contributed by atoms with E-state index in [-0.39, 0.29) is 0 Å². The van der Waals surface area contributed by atoms with Gasteiger partial charge in [0.1, 0.15) is 0 Å². The molecule has 3 nitrogen and oxygen atoms in total. The second-order valence-electron chi connectivity index (χ2n) is 5.82. The number of rotatable bonds is 2. The fourth-order valence-electron chi connectivity index (χ4n) is 2.67. The summed E-state index contributed by atoms with van der Waals surface area (Å²) >= 11 is 0. The largest absolute Gasteiger partial charge is 0.488 e. The van der Waals surface area contributed by atoms with Gasteiger partial charge in [0, 0.05) is 36.3 Å². The van der Waals surface area contributed by atoms with Crippen LogP contribution in [0.15, 0.2) is 60.7 Å². The number of benzene rings is 3. The van der Waals surface area contributed by atoms with Gasteiger partial charge in [0.2, 0.25) is 0 Å². The third-order valence-electron chi connectivity index (χ3n) is 3.93. The lowest BCUT2D eigenvalue weighted by atomic mass is 9.80. The highest BCUT2D eigenvalue weighted by molar-refractivity contribution is 6.58. The Morgan fingerprint density at radius 3 is 1.86 bits per heavy atom. The van der Waals surface area contributed by atoms with E-state index in [4.69, 9.17) is 10.0 Å². The fourth-order valence-corrected chi connectivity index (χ4v) is 2.67. The number of hydrogen-bond acceptors (Lipinski definition) is 3. The number of nitrogens with zero attached hydrogens (tertiary/aromatic N) is 1. The van der Waals surface area contributed by atoms with Crippen molar-refractivity contribution in [1.82, 2.24) is 0 Å². The summed E-state index contributed by atoms with van der Waals surface area (Å²) in [6, 6.07) is 19.3. The van der Waals surface area contributed by atoms with Crippen LogP contribution in [0.3, 0.4) is 0 Å². The van der Waals surface area contributed by atoms with E-state index >= 15 is 0 Å². The van der Waals surface area contributed by atoms with Gasteiger partial charge in [-0.1, -0.05) is 75.9 Å². The lowest BCUT2D eigenvalue weighted by Crippen LogP contribution is -2.29. The predicted octanol–water partition coefficient (Wildman–Crippen LogP) is 4.04. The van der Waals surface area contributed by atoms with Gasteiger partial charge in [-0.25, -0.2) is 0 Å². The van der Waals surface area contributed by atoms with E-state index in [0.717, 1.165) is 22.2 Å². The van der Waals surface area contributed by atoms with Crippen LogP contribution in [0.4, 0.5) is 5.69 Å². The fraction of sp³-hybridized carbons (Fsp3) is 0.250. The topological polar surface area (TPSA) is 43.7 Å². The minimum Gasteiger partial charge on any atom is -0.423 e. The van der Waals surface area contributed by atoms with Crippen LogP contribution in [-0.2, 0) is 0 Å². The quantitative estimate of drug-likeness (QED) is 0.525. The van der Waals surface area contributed by atoms with Crippen molar-refractivity contribution in [2.45, 2.75) is 27.7 Å². The van der Waals surface area contributed by atoms with Crippen LogP contribution in [0.25, 0.3) is 10.8 Å². The smallest absolute Gasteiger partial charge is 0.423 e. The normalized spacial score (nSPS) is 9.14. The van der Waals surface area contributed by atoms with Gasteiger partial charge >= 0.3 is 7.12 Å². The van der Waals surface area contributed by atoms with Gasteiger partial charge in [0.05, 0.1) is 0 Å². The second kappa shape index (κ2) is 11.9. The molecule has 3 rings (SSSR count). The maximum absolute atomic E-state index is 9.13. The SMILES string of the molecule is CC.CC.CN(C)c1cccc2c(C#Cc3ccc(B(O)O)cc3)cccc12. The highest BCUT2D eigenvalue weighted by Crippen LogP contribution is 2.27. The minimum absolute atomic E-state index is 0.460. The summed E-state index contributed by atoms with van der Waals surface area (Å²) in [4.78, 5) is 2.10. The maximum Gasteiger partial charge on any atom is 0.488 e. The van der Waals surface area contributed by atoms with Crippen molar-refractivity contribution in [2.24, 2.45) is 0 Å². The number of fused-ring (bicyclic) bond motifs is 1. The molecule has 0 radical (unpaired) electrons. The molecule has 0 amide bonds. The first-order chi connectivity index (χ1) is 13.6. The first-order valence-electron chi connectivity index (χ1n) is 9.73. The highest BCUT2D eigenvalue weighted by Gasteiger charge is 2.09. The molecule has 0 bridgehead atoms. The average molecular weight is 375 g/mol. The van der Waals surface area contributed by atoms with E-state index in [1.807, 2.05) is 60.0 Å². The van der Waals surface area contributed by atoms with E-state index < -0.39 is 7.12 Å². The van der Waals surface area contributed by atoms with Gasteiger partial charge in [-0.15, -0.1) is 0 Å². The molecule has 0 saturated heterocycles. The Morgan fingerprint density at radius 1 is 0.714 bits per heavy atom. The summed E-state index contributed by atoms with van der Waals surface area (Å²) in [6.07, 6.45) is 0. The Kier molecular flexibility index (Phi) is 9.88. The number of hydrogen-bond donors (Lipinski definition) is 2. The molecule has 2 N–H and O–H groups in total. The lowest BCUT2D eigenvalue weighted by molar-refractivity contribution is 0.426. The van der Waals surface area contributed by atoms with Crippen molar-refractivity contribution >= 4 is 29.0 Å². The summed E-state index contributed by atoms with van der Waals surface area (Å²) in [6.45, 7) is 8.00. The van der Waals surface area contributed by atoms with Crippen molar-refractivity contribution in [1.29, 1.82) is 0 Å². The van der Waals surface area contributed by atoms with Crippen molar-refractivity contribution in [3.05, 3.63) is 71.8 Å². The van der Waals surface area contributed by atoms with Gasteiger partial charge in [0.15, 0.2) is 0 Å². The first kappa shape index (κ1) is 23.3. The summed E-state index contributed by atoms with van der Waals surface area (Å²) in [5.74, 6) is 6.37. The van der Waals surface area contributed by atoms with Crippen LogP contribution in [0.1, 0.15) is 38.8 Å². The molecule has 146 valence electrons. The van der Waals surface area contributed by atoms with Crippen LogP contribution in [-0.4, -0.2) is 31.3 Å².